The molecular weight excluding hydrogens is 218 g/mol. The molecule has 1 saturated carbocycles. The molecule has 18 heavy (non-hydrogen) atoms. The van der Waals surface area contributed by atoms with Crippen molar-refractivity contribution in [2.24, 2.45) is 0 Å². The molecule has 0 atom stereocenters. The van der Waals surface area contributed by atoms with Gasteiger partial charge in [-0.1, -0.05) is 35.7 Å². The second-order valence-electron chi connectivity index (χ2n) is 7.11. The number of nitrogens with one attached hydrogen (secondary N) is 1. The standard InChI is InChI=1S/C17H27N/c1-13-9-14(2)11-15(10-13)17(7-6-8-17)12-18-16(3,4)5/h9-11,18H,6-8,12H2,1-5H3. The maximum absolute atomic E-state index is 3.70. The second kappa shape index (κ2) is 4.70. The van der Waals surface area contributed by atoms with Crippen LogP contribution in [0.1, 0.15) is 56.7 Å². The lowest BCUT2D eigenvalue weighted by Gasteiger charge is -2.44. The lowest BCUT2D eigenvalue weighted by Crippen LogP contribution is -2.49. The number of hydrogen-bond acceptors (Lipinski definition) is 1. The normalized spacial score (nSPS) is 18.5. The van der Waals surface area contributed by atoms with Crippen LogP contribution in [0.5, 0.6) is 0 Å². The van der Waals surface area contributed by atoms with Gasteiger partial charge in [-0.25, -0.2) is 0 Å². The van der Waals surface area contributed by atoms with Crippen LogP contribution in [0.4, 0.5) is 0 Å². The summed E-state index contributed by atoms with van der Waals surface area (Å²) in [5, 5.41) is 3.70. The van der Waals surface area contributed by atoms with Gasteiger partial charge in [-0.05, 0) is 53.0 Å². The van der Waals surface area contributed by atoms with Gasteiger partial charge in [0.15, 0.2) is 0 Å². The van der Waals surface area contributed by atoms with Crippen LogP contribution in [0.25, 0.3) is 0 Å². The van der Waals surface area contributed by atoms with Gasteiger partial charge < -0.3 is 5.32 Å². The number of aryl methyl sites for hydroxylation is 2. The monoisotopic (exact) mass is 245 g/mol. The van der Waals surface area contributed by atoms with Crippen LogP contribution in [-0.2, 0) is 5.41 Å². The molecule has 0 aromatic heterocycles. The summed E-state index contributed by atoms with van der Waals surface area (Å²) < 4.78 is 0. The summed E-state index contributed by atoms with van der Waals surface area (Å²) >= 11 is 0. The van der Waals surface area contributed by atoms with Crippen molar-refractivity contribution in [1.82, 2.24) is 5.32 Å². The maximum Gasteiger partial charge on any atom is 0.00968 e. The molecule has 0 amide bonds. The molecule has 1 nitrogen and oxygen atoms in total. The molecule has 100 valence electrons. The summed E-state index contributed by atoms with van der Waals surface area (Å²) in [5.41, 5.74) is 4.94. The Morgan fingerprint density at radius 3 is 2.00 bits per heavy atom. The lowest BCUT2D eigenvalue weighted by atomic mass is 9.64. The van der Waals surface area contributed by atoms with Crippen molar-refractivity contribution in [1.29, 1.82) is 0 Å². The highest BCUT2D eigenvalue weighted by molar-refractivity contribution is 5.36. The third-order valence-corrected chi connectivity index (χ3v) is 4.10. The van der Waals surface area contributed by atoms with E-state index in [0.29, 0.717) is 5.41 Å². The quantitative estimate of drug-likeness (QED) is 0.845. The minimum absolute atomic E-state index is 0.210. The highest BCUT2D eigenvalue weighted by Gasteiger charge is 2.39. The van der Waals surface area contributed by atoms with E-state index in [1.165, 1.54) is 30.4 Å². The molecule has 0 radical (unpaired) electrons. The van der Waals surface area contributed by atoms with Crippen LogP contribution in [0, 0.1) is 13.8 Å². The lowest BCUT2D eigenvalue weighted by molar-refractivity contribution is 0.213. The summed E-state index contributed by atoms with van der Waals surface area (Å²) in [5.74, 6) is 0. The number of hydrogen-bond donors (Lipinski definition) is 1. The zero-order valence-electron chi connectivity index (χ0n) is 12.6. The molecule has 0 saturated heterocycles. The van der Waals surface area contributed by atoms with E-state index < -0.39 is 0 Å². The summed E-state index contributed by atoms with van der Waals surface area (Å²) in [4.78, 5) is 0. The smallest absolute Gasteiger partial charge is 0.00968 e. The van der Waals surface area contributed by atoms with E-state index in [1.807, 2.05) is 0 Å². The van der Waals surface area contributed by atoms with E-state index in [2.05, 4.69) is 58.1 Å². The molecule has 1 aromatic rings. The molecule has 2 rings (SSSR count). The Hall–Kier alpha value is -0.820. The molecule has 0 aliphatic heterocycles. The van der Waals surface area contributed by atoms with Crippen LogP contribution < -0.4 is 5.32 Å². The fraction of sp³-hybridized carbons (Fsp3) is 0.647. The van der Waals surface area contributed by atoms with Crippen LogP contribution in [0.15, 0.2) is 18.2 Å². The topological polar surface area (TPSA) is 12.0 Å². The Labute approximate surface area is 112 Å². The number of rotatable bonds is 3. The summed E-state index contributed by atoms with van der Waals surface area (Å²) in [6.45, 7) is 12.3. The average molecular weight is 245 g/mol. The van der Waals surface area contributed by atoms with Gasteiger partial charge >= 0.3 is 0 Å². The summed E-state index contributed by atoms with van der Waals surface area (Å²) in [7, 11) is 0. The molecule has 0 bridgehead atoms. The van der Waals surface area contributed by atoms with E-state index in [4.69, 9.17) is 0 Å². The molecule has 1 heteroatoms. The van der Waals surface area contributed by atoms with E-state index >= 15 is 0 Å². The van der Waals surface area contributed by atoms with E-state index in [0.717, 1.165) is 6.54 Å². The van der Waals surface area contributed by atoms with Crippen molar-refractivity contribution in [3.05, 3.63) is 34.9 Å². The zero-order chi connectivity index (χ0) is 13.4. The Morgan fingerprint density at radius 2 is 1.61 bits per heavy atom. The predicted molar refractivity (Wildman–Crippen MR) is 79.2 cm³/mol. The average Bonchev–Trinajstić information content (AvgIpc) is 2.12. The van der Waals surface area contributed by atoms with Crippen LogP contribution in [0.2, 0.25) is 0 Å². The SMILES string of the molecule is Cc1cc(C)cc(C2(CNC(C)(C)C)CCC2)c1. The molecular formula is C17H27N. The van der Waals surface area contributed by atoms with Crippen molar-refractivity contribution >= 4 is 0 Å². The largest absolute Gasteiger partial charge is 0.311 e. The third-order valence-electron chi connectivity index (χ3n) is 4.10. The van der Waals surface area contributed by atoms with Crippen molar-refractivity contribution < 1.29 is 0 Å². The van der Waals surface area contributed by atoms with Gasteiger partial charge in [0.2, 0.25) is 0 Å². The van der Waals surface area contributed by atoms with Gasteiger partial charge in [0, 0.05) is 17.5 Å². The highest BCUT2D eigenvalue weighted by atomic mass is 15.0. The molecule has 1 fully saturated rings. The van der Waals surface area contributed by atoms with Gasteiger partial charge in [-0.3, -0.25) is 0 Å². The van der Waals surface area contributed by atoms with Crippen LogP contribution in [0.3, 0.4) is 0 Å². The van der Waals surface area contributed by atoms with Gasteiger partial charge in [0.05, 0.1) is 0 Å². The molecule has 0 heterocycles. The fourth-order valence-electron chi connectivity index (χ4n) is 2.89. The number of benzene rings is 1. The van der Waals surface area contributed by atoms with Crippen molar-refractivity contribution in [2.45, 2.75) is 64.8 Å². The minimum Gasteiger partial charge on any atom is -0.311 e. The van der Waals surface area contributed by atoms with Crippen molar-refractivity contribution in [2.75, 3.05) is 6.54 Å². The van der Waals surface area contributed by atoms with Gasteiger partial charge in [-0.15, -0.1) is 0 Å². The first-order valence-electron chi connectivity index (χ1n) is 7.15. The van der Waals surface area contributed by atoms with E-state index in [1.54, 1.807) is 5.56 Å². The molecule has 1 aromatic carbocycles. The van der Waals surface area contributed by atoms with E-state index in [-0.39, 0.29) is 5.54 Å². The Balaban J connectivity index is 2.21. The van der Waals surface area contributed by atoms with E-state index in [9.17, 15) is 0 Å². The fourth-order valence-corrected chi connectivity index (χ4v) is 2.89. The molecule has 0 spiro atoms. The summed E-state index contributed by atoms with van der Waals surface area (Å²) in [6.07, 6.45) is 4.04. The van der Waals surface area contributed by atoms with Crippen molar-refractivity contribution in [3.63, 3.8) is 0 Å². The van der Waals surface area contributed by atoms with Gasteiger partial charge in [0.25, 0.3) is 0 Å². The van der Waals surface area contributed by atoms with Gasteiger partial charge in [-0.2, -0.15) is 0 Å². The Kier molecular flexibility index (Phi) is 3.55. The molecule has 1 N–H and O–H groups in total. The molecule has 0 unspecified atom stereocenters. The van der Waals surface area contributed by atoms with Gasteiger partial charge in [0.1, 0.15) is 0 Å². The third kappa shape index (κ3) is 2.95. The van der Waals surface area contributed by atoms with Crippen molar-refractivity contribution in [3.8, 4) is 0 Å². The highest BCUT2D eigenvalue weighted by Crippen LogP contribution is 2.44. The Bertz CT molecular complexity index is 401. The van der Waals surface area contributed by atoms with Crippen LogP contribution in [-0.4, -0.2) is 12.1 Å². The first-order valence-corrected chi connectivity index (χ1v) is 7.15. The maximum atomic E-state index is 3.70. The molecule has 1 aliphatic rings. The van der Waals surface area contributed by atoms with Crippen LogP contribution >= 0.6 is 0 Å². The first-order chi connectivity index (χ1) is 8.31. The summed E-state index contributed by atoms with van der Waals surface area (Å²) in [6, 6.07) is 7.04. The Morgan fingerprint density at radius 1 is 1.06 bits per heavy atom. The predicted octanol–water partition coefficient (Wildman–Crippen LogP) is 4.11. The second-order valence-corrected chi connectivity index (χ2v) is 7.11. The minimum atomic E-state index is 0.210. The molecule has 1 aliphatic carbocycles. The zero-order valence-corrected chi connectivity index (χ0v) is 12.6. The first kappa shape index (κ1) is 13.6.